The number of carbonyl (C=O) groups excluding carboxylic acids is 1. The molecule has 2 saturated heterocycles. The minimum atomic E-state index is 0.101. The number of likely N-dealkylation sites (tertiary alicyclic amines) is 1. The maximum absolute atomic E-state index is 12.4. The minimum Gasteiger partial charge on any atom is -0.340 e. The zero-order chi connectivity index (χ0) is 15.6. The van der Waals surface area contributed by atoms with E-state index in [1.54, 1.807) is 0 Å². The predicted molar refractivity (Wildman–Crippen MR) is 92.7 cm³/mol. The molecule has 0 aliphatic carbocycles. The fraction of sp³-hybridized carbons (Fsp3) is 0.611. The van der Waals surface area contributed by atoms with Crippen LogP contribution < -0.4 is 0 Å². The van der Waals surface area contributed by atoms with Crippen LogP contribution >= 0.6 is 11.8 Å². The average molecular weight is 318 g/mol. The first-order valence-corrected chi connectivity index (χ1v) is 9.31. The smallest absolute Gasteiger partial charge is 0.225 e. The summed E-state index contributed by atoms with van der Waals surface area (Å²) in [6.45, 7) is 7.96. The van der Waals surface area contributed by atoms with E-state index in [1.165, 1.54) is 17.7 Å². The Morgan fingerprint density at radius 1 is 1.27 bits per heavy atom. The normalized spacial score (nSPS) is 26.0. The highest BCUT2D eigenvalue weighted by Gasteiger charge is 2.45. The lowest BCUT2D eigenvalue weighted by molar-refractivity contribution is -0.137. The summed E-state index contributed by atoms with van der Waals surface area (Å²) in [5.74, 6) is 1.59. The van der Waals surface area contributed by atoms with Crippen molar-refractivity contribution in [2.24, 2.45) is 5.92 Å². The lowest BCUT2D eigenvalue weighted by atomic mass is 10.0. The van der Waals surface area contributed by atoms with E-state index in [-0.39, 0.29) is 10.8 Å². The number of nitrogens with zero attached hydrogens (tertiary/aromatic N) is 2. The molecule has 2 aliphatic rings. The van der Waals surface area contributed by atoms with Crippen LogP contribution in [0.15, 0.2) is 30.3 Å². The molecule has 2 fully saturated rings. The van der Waals surface area contributed by atoms with Crippen LogP contribution in [0.5, 0.6) is 0 Å². The predicted octanol–water partition coefficient (Wildman–Crippen LogP) is 3.21. The molecule has 1 aromatic carbocycles. The number of carbonyl (C=O) groups is 1. The molecule has 120 valence electrons. The van der Waals surface area contributed by atoms with Gasteiger partial charge in [0.1, 0.15) is 0 Å². The Kier molecular flexibility index (Phi) is 4.79. The van der Waals surface area contributed by atoms with Crippen molar-refractivity contribution in [3.05, 3.63) is 35.9 Å². The molecular formula is C18H26N2OS. The molecule has 3 nitrogen and oxygen atoms in total. The molecule has 0 aromatic heterocycles. The molecule has 2 heterocycles. The summed E-state index contributed by atoms with van der Waals surface area (Å²) >= 11 is 2.06. The number of rotatable bonds is 3. The maximum atomic E-state index is 12.4. The van der Waals surface area contributed by atoms with Crippen molar-refractivity contribution in [3.8, 4) is 0 Å². The van der Waals surface area contributed by atoms with Crippen LogP contribution in [0, 0.1) is 5.92 Å². The molecule has 22 heavy (non-hydrogen) atoms. The van der Waals surface area contributed by atoms with Crippen molar-refractivity contribution in [2.75, 3.05) is 25.4 Å². The van der Waals surface area contributed by atoms with E-state index in [9.17, 15) is 4.79 Å². The van der Waals surface area contributed by atoms with E-state index >= 15 is 0 Å². The summed E-state index contributed by atoms with van der Waals surface area (Å²) in [5, 5.41) is 0. The Labute approximate surface area is 138 Å². The summed E-state index contributed by atoms with van der Waals surface area (Å²) in [6.07, 6.45) is 2.32. The first kappa shape index (κ1) is 15.9. The highest BCUT2D eigenvalue weighted by atomic mass is 32.2. The fourth-order valence-electron chi connectivity index (χ4n) is 3.60. The largest absolute Gasteiger partial charge is 0.340 e. The summed E-state index contributed by atoms with van der Waals surface area (Å²) in [4.78, 5) is 17.2. The summed E-state index contributed by atoms with van der Waals surface area (Å²) in [7, 11) is 0. The van der Waals surface area contributed by atoms with Crippen molar-refractivity contribution >= 4 is 17.7 Å². The standard InChI is InChI=1S/C18H26N2OS/c1-15(2)17(21)19-10-6-9-18(14-19)20(11-12-22-18)13-16-7-4-3-5-8-16/h3-5,7-8,15H,6,9-14H2,1-2H3. The van der Waals surface area contributed by atoms with Gasteiger partial charge in [0.05, 0.1) is 4.87 Å². The third kappa shape index (κ3) is 3.18. The van der Waals surface area contributed by atoms with Crippen LogP contribution in [0.1, 0.15) is 32.3 Å². The Balaban J connectivity index is 1.74. The molecular weight excluding hydrogens is 292 g/mol. The summed E-state index contributed by atoms with van der Waals surface area (Å²) in [5.41, 5.74) is 1.37. The van der Waals surface area contributed by atoms with Crippen LogP contribution in [-0.4, -0.2) is 46.0 Å². The molecule has 0 N–H and O–H groups in total. The topological polar surface area (TPSA) is 23.6 Å². The number of amides is 1. The number of benzene rings is 1. The van der Waals surface area contributed by atoms with E-state index in [1.807, 2.05) is 13.8 Å². The molecule has 2 aliphatic heterocycles. The lowest BCUT2D eigenvalue weighted by Crippen LogP contribution is -2.55. The molecule has 0 saturated carbocycles. The van der Waals surface area contributed by atoms with Gasteiger partial charge in [-0.3, -0.25) is 9.69 Å². The van der Waals surface area contributed by atoms with Gasteiger partial charge in [-0.2, -0.15) is 0 Å². The van der Waals surface area contributed by atoms with Crippen LogP contribution in [0.3, 0.4) is 0 Å². The quantitative estimate of drug-likeness (QED) is 0.855. The van der Waals surface area contributed by atoms with Gasteiger partial charge in [0.15, 0.2) is 0 Å². The minimum absolute atomic E-state index is 0.101. The monoisotopic (exact) mass is 318 g/mol. The van der Waals surface area contributed by atoms with Crippen LogP contribution in [0.4, 0.5) is 0 Å². The SMILES string of the molecule is CC(C)C(=O)N1CCCC2(C1)SCCN2Cc1ccccc1. The van der Waals surface area contributed by atoms with E-state index in [0.29, 0.717) is 5.91 Å². The number of piperidine rings is 1. The van der Waals surface area contributed by atoms with Gasteiger partial charge in [-0.15, -0.1) is 11.8 Å². The van der Waals surface area contributed by atoms with Crippen molar-refractivity contribution in [2.45, 2.75) is 38.1 Å². The van der Waals surface area contributed by atoms with Crippen molar-refractivity contribution in [1.82, 2.24) is 9.80 Å². The number of hydrogen-bond acceptors (Lipinski definition) is 3. The van der Waals surface area contributed by atoms with E-state index < -0.39 is 0 Å². The number of hydrogen-bond donors (Lipinski definition) is 0. The van der Waals surface area contributed by atoms with Gasteiger partial charge in [-0.05, 0) is 18.4 Å². The van der Waals surface area contributed by atoms with Gasteiger partial charge in [0.25, 0.3) is 0 Å². The van der Waals surface area contributed by atoms with Gasteiger partial charge in [-0.1, -0.05) is 44.2 Å². The van der Waals surface area contributed by atoms with E-state index in [4.69, 9.17) is 0 Å². The number of thioether (sulfide) groups is 1. The molecule has 0 radical (unpaired) electrons. The zero-order valence-corrected chi connectivity index (χ0v) is 14.4. The molecule has 1 aromatic rings. The van der Waals surface area contributed by atoms with Gasteiger partial charge in [0.2, 0.25) is 5.91 Å². The van der Waals surface area contributed by atoms with Gasteiger partial charge >= 0.3 is 0 Å². The third-order valence-corrected chi connectivity index (χ3v) is 6.28. The molecule has 0 bridgehead atoms. The molecule has 1 atom stereocenters. The highest BCUT2D eigenvalue weighted by molar-refractivity contribution is 8.00. The molecule has 4 heteroatoms. The first-order valence-electron chi connectivity index (χ1n) is 8.32. The van der Waals surface area contributed by atoms with Crippen molar-refractivity contribution in [1.29, 1.82) is 0 Å². The van der Waals surface area contributed by atoms with Gasteiger partial charge in [-0.25, -0.2) is 0 Å². The highest BCUT2D eigenvalue weighted by Crippen LogP contribution is 2.43. The van der Waals surface area contributed by atoms with Crippen LogP contribution in [0.2, 0.25) is 0 Å². The Morgan fingerprint density at radius 3 is 2.77 bits per heavy atom. The van der Waals surface area contributed by atoms with Gasteiger partial charge < -0.3 is 4.90 Å². The lowest BCUT2D eigenvalue weighted by Gasteiger charge is -2.45. The molecule has 1 spiro atoms. The van der Waals surface area contributed by atoms with Crippen LogP contribution in [0.25, 0.3) is 0 Å². The van der Waals surface area contributed by atoms with Gasteiger partial charge in [0, 0.05) is 37.8 Å². The fourth-order valence-corrected chi connectivity index (χ4v) is 5.17. The second-order valence-electron chi connectivity index (χ2n) is 6.72. The average Bonchev–Trinajstić information content (AvgIpc) is 2.89. The van der Waals surface area contributed by atoms with Crippen molar-refractivity contribution in [3.63, 3.8) is 0 Å². The third-order valence-electron chi connectivity index (χ3n) is 4.76. The molecule has 1 unspecified atom stereocenters. The first-order chi connectivity index (χ1) is 10.6. The second-order valence-corrected chi connectivity index (χ2v) is 8.18. The van der Waals surface area contributed by atoms with Crippen molar-refractivity contribution < 1.29 is 4.79 Å². The zero-order valence-electron chi connectivity index (χ0n) is 13.6. The Hall–Kier alpha value is -1.00. The van der Waals surface area contributed by atoms with E-state index in [0.717, 1.165) is 32.6 Å². The maximum Gasteiger partial charge on any atom is 0.225 e. The van der Waals surface area contributed by atoms with E-state index in [2.05, 4.69) is 51.9 Å². The molecule has 3 rings (SSSR count). The summed E-state index contributed by atoms with van der Waals surface area (Å²) in [6, 6.07) is 10.7. The molecule has 1 amide bonds. The Morgan fingerprint density at radius 2 is 2.05 bits per heavy atom. The second kappa shape index (κ2) is 6.63. The van der Waals surface area contributed by atoms with Crippen LogP contribution in [-0.2, 0) is 11.3 Å². The Bertz CT molecular complexity index is 519. The summed E-state index contributed by atoms with van der Waals surface area (Å²) < 4.78 is 0.